The van der Waals surface area contributed by atoms with Gasteiger partial charge in [-0.2, -0.15) is 0 Å². The van der Waals surface area contributed by atoms with Crippen molar-refractivity contribution in [1.29, 1.82) is 0 Å². The van der Waals surface area contributed by atoms with Crippen LogP contribution in [0.4, 0.5) is 0 Å². The molecule has 2 aromatic carbocycles. The van der Waals surface area contributed by atoms with Gasteiger partial charge in [-0.1, -0.05) is 36.4 Å². The summed E-state index contributed by atoms with van der Waals surface area (Å²) < 4.78 is 10.7. The lowest BCUT2D eigenvalue weighted by atomic mass is 9.99. The molecule has 29 heavy (non-hydrogen) atoms. The SMILES string of the molecule is NCC(=O)Oc1cc(-c2ccccc2)c2cc(CCN3CCOCC3)ccc2n1. The normalized spacial score (nSPS) is 14.8. The molecule has 6 heteroatoms. The van der Waals surface area contributed by atoms with Crippen LogP contribution in [0.25, 0.3) is 22.0 Å². The molecule has 1 saturated heterocycles. The number of nitrogens with two attached hydrogens (primary N) is 1. The van der Waals surface area contributed by atoms with Crippen LogP contribution >= 0.6 is 0 Å². The third-order valence-corrected chi connectivity index (χ3v) is 5.14. The minimum Gasteiger partial charge on any atom is -0.406 e. The van der Waals surface area contributed by atoms with Gasteiger partial charge in [-0.15, -0.1) is 0 Å². The van der Waals surface area contributed by atoms with Crippen molar-refractivity contribution >= 4 is 16.9 Å². The molecule has 150 valence electrons. The first kappa shape index (κ1) is 19.5. The average molecular weight is 391 g/mol. The standard InChI is InChI=1S/C23H25N3O3/c24-16-23(27)29-22-15-19(18-4-2-1-3-5-18)20-14-17(6-7-21(20)25-22)8-9-26-10-12-28-13-11-26/h1-7,14-15H,8-13,16,24H2. The molecule has 1 aliphatic rings. The van der Waals surface area contributed by atoms with E-state index in [1.807, 2.05) is 42.5 Å². The second-order valence-corrected chi connectivity index (χ2v) is 7.11. The second-order valence-electron chi connectivity index (χ2n) is 7.11. The Morgan fingerprint density at radius 1 is 1.10 bits per heavy atom. The molecule has 0 spiro atoms. The number of hydrogen-bond acceptors (Lipinski definition) is 6. The monoisotopic (exact) mass is 391 g/mol. The fourth-order valence-corrected chi connectivity index (χ4v) is 3.58. The van der Waals surface area contributed by atoms with E-state index in [0.717, 1.165) is 61.3 Å². The number of esters is 1. The van der Waals surface area contributed by atoms with Gasteiger partial charge < -0.3 is 15.2 Å². The Bertz CT molecular complexity index is 985. The Kier molecular flexibility index (Phi) is 6.14. The fraction of sp³-hybridized carbons (Fsp3) is 0.304. The predicted octanol–water partition coefficient (Wildman–Crippen LogP) is 2.64. The Morgan fingerprint density at radius 2 is 1.90 bits per heavy atom. The van der Waals surface area contributed by atoms with Crippen LogP contribution in [0.3, 0.4) is 0 Å². The fourth-order valence-electron chi connectivity index (χ4n) is 3.58. The van der Waals surface area contributed by atoms with Gasteiger partial charge in [0.25, 0.3) is 0 Å². The maximum Gasteiger partial charge on any atom is 0.326 e. The van der Waals surface area contributed by atoms with E-state index in [-0.39, 0.29) is 12.4 Å². The summed E-state index contributed by atoms with van der Waals surface area (Å²) in [5.41, 5.74) is 9.47. The molecule has 6 nitrogen and oxygen atoms in total. The van der Waals surface area contributed by atoms with Gasteiger partial charge in [0.2, 0.25) is 5.88 Å². The summed E-state index contributed by atoms with van der Waals surface area (Å²) in [4.78, 5) is 18.6. The van der Waals surface area contributed by atoms with Gasteiger partial charge in [0.05, 0.1) is 25.3 Å². The van der Waals surface area contributed by atoms with Gasteiger partial charge >= 0.3 is 5.97 Å². The zero-order chi connectivity index (χ0) is 20.1. The number of morpholine rings is 1. The van der Waals surface area contributed by atoms with Crippen molar-refractivity contribution in [2.75, 3.05) is 39.4 Å². The smallest absolute Gasteiger partial charge is 0.326 e. The van der Waals surface area contributed by atoms with E-state index in [2.05, 4.69) is 22.0 Å². The number of aromatic nitrogens is 1. The van der Waals surface area contributed by atoms with Crippen molar-refractivity contribution < 1.29 is 14.3 Å². The number of carbonyl (C=O) groups is 1. The number of benzene rings is 2. The number of fused-ring (bicyclic) bond motifs is 1. The molecule has 2 heterocycles. The summed E-state index contributed by atoms with van der Waals surface area (Å²) in [6.45, 7) is 4.42. The van der Waals surface area contributed by atoms with Gasteiger partial charge in [-0.25, -0.2) is 4.98 Å². The summed E-state index contributed by atoms with van der Waals surface area (Å²) in [6.07, 6.45) is 0.966. The minimum absolute atomic E-state index is 0.180. The lowest BCUT2D eigenvalue weighted by Crippen LogP contribution is -2.37. The zero-order valence-corrected chi connectivity index (χ0v) is 16.3. The molecule has 0 amide bonds. The summed E-state index contributed by atoms with van der Waals surface area (Å²) in [6, 6.07) is 18.2. The predicted molar refractivity (Wildman–Crippen MR) is 113 cm³/mol. The van der Waals surface area contributed by atoms with Crippen molar-refractivity contribution in [1.82, 2.24) is 9.88 Å². The molecule has 1 fully saturated rings. The van der Waals surface area contributed by atoms with Crippen molar-refractivity contribution in [3.05, 3.63) is 60.2 Å². The van der Waals surface area contributed by atoms with Gasteiger partial charge in [0.1, 0.15) is 0 Å². The van der Waals surface area contributed by atoms with E-state index in [1.54, 1.807) is 0 Å². The molecule has 0 atom stereocenters. The van der Waals surface area contributed by atoms with Crippen molar-refractivity contribution in [2.24, 2.45) is 5.73 Å². The van der Waals surface area contributed by atoms with Crippen molar-refractivity contribution in [3.8, 4) is 17.0 Å². The Labute approximate surface area is 170 Å². The van der Waals surface area contributed by atoms with E-state index in [4.69, 9.17) is 15.2 Å². The van der Waals surface area contributed by atoms with Crippen LogP contribution < -0.4 is 10.5 Å². The zero-order valence-electron chi connectivity index (χ0n) is 16.3. The molecule has 0 unspecified atom stereocenters. The number of hydrogen-bond donors (Lipinski definition) is 1. The highest BCUT2D eigenvalue weighted by atomic mass is 16.5. The highest BCUT2D eigenvalue weighted by molar-refractivity contribution is 5.95. The van der Waals surface area contributed by atoms with E-state index in [1.165, 1.54) is 5.56 Å². The Balaban J connectivity index is 1.67. The summed E-state index contributed by atoms with van der Waals surface area (Å²) >= 11 is 0. The quantitative estimate of drug-likeness (QED) is 0.651. The van der Waals surface area contributed by atoms with E-state index in [9.17, 15) is 4.79 Å². The van der Waals surface area contributed by atoms with Crippen LogP contribution in [-0.2, 0) is 16.0 Å². The third kappa shape index (κ3) is 4.79. The molecule has 0 saturated carbocycles. The minimum atomic E-state index is -0.502. The molecule has 4 rings (SSSR count). The molecule has 0 radical (unpaired) electrons. The summed E-state index contributed by atoms with van der Waals surface area (Å²) in [5, 5.41) is 1.04. The molecule has 1 aliphatic heterocycles. The van der Waals surface area contributed by atoms with E-state index >= 15 is 0 Å². The largest absolute Gasteiger partial charge is 0.406 e. The van der Waals surface area contributed by atoms with Crippen LogP contribution in [-0.4, -0.2) is 55.2 Å². The van der Waals surface area contributed by atoms with Crippen molar-refractivity contribution in [2.45, 2.75) is 6.42 Å². The molecule has 2 N–H and O–H groups in total. The number of carbonyl (C=O) groups excluding carboxylic acids is 1. The molecular formula is C23H25N3O3. The number of pyridine rings is 1. The number of rotatable bonds is 6. The first-order valence-electron chi connectivity index (χ1n) is 9.93. The first-order chi connectivity index (χ1) is 14.2. The molecule has 0 bridgehead atoms. The topological polar surface area (TPSA) is 77.7 Å². The van der Waals surface area contributed by atoms with Crippen LogP contribution in [0, 0.1) is 0 Å². The van der Waals surface area contributed by atoms with Gasteiger partial charge in [-0.05, 0) is 35.2 Å². The highest BCUT2D eigenvalue weighted by Gasteiger charge is 2.13. The Morgan fingerprint density at radius 3 is 2.66 bits per heavy atom. The van der Waals surface area contributed by atoms with Crippen LogP contribution in [0.1, 0.15) is 5.56 Å². The van der Waals surface area contributed by atoms with Crippen LogP contribution in [0.15, 0.2) is 54.6 Å². The highest BCUT2D eigenvalue weighted by Crippen LogP contribution is 2.32. The van der Waals surface area contributed by atoms with Crippen molar-refractivity contribution in [3.63, 3.8) is 0 Å². The lowest BCUT2D eigenvalue weighted by Gasteiger charge is -2.26. The maximum absolute atomic E-state index is 11.7. The van der Waals surface area contributed by atoms with Gasteiger partial charge in [-0.3, -0.25) is 9.69 Å². The van der Waals surface area contributed by atoms with Gasteiger partial charge in [0, 0.05) is 31.1 Å². The van der Waals surface area contributed by atoms with Crippen LogP contribution in [0.5, 0.6) is 5.88 Å². The van der Waals surface area contributed by atoms with Gasteiger partial charge in [0.15, 0.2) is 0 Å². The molecular weight excluding hydrogens is 366 g/mol. The van der Waals surface area contributed by atoms with E-state index in [0.29, 0.717) is 0 Å². The average Bonchev–Trinajstić information content (AvgIpc) is 2.78. The second kappa shape index (κ2) is 9.13. The maximum atomic E-state index is 11.7. The molecule has 1 aromatic heterocycles. The molecule has 0 aliphatic carbocycles. The number of ether oxygens (including phenoxy) is 2. The number of nitrogens with zero attached hydrogens (tertiary/aromatic N) is 2. The first-order valence-corrected chi connectivity index (χ1v) is 9.93. The Hall–Kier alpha value is -2.80. The van der Waals surface area contributed by atoms with E-state index < -0.39 is 5.97 Å². The lowest BCUT2D eigenvalue weighted by molar-refractivity contribution is -0.133. The molecule has 3 aromatic rings. The third-order valence-electron chi connectivity index (χ3n) is 5.14. The summed E-state index contributed by atoms with van der Waals surface area (Å²) in [5.74, 6) is -0.231. The van der Waals surface area contributed by atoms with Crippen LogP contribution in [0.2, 0.25) is 0 Å². The summed E-state index contributed by atoms with van der Waals surface area (Å²) in [7, 11) is 0.